The summed E-state index contributed by atoms with van der Waals surface area (Å²) in [5.41, 5.74) is 1.77. The molecule has 0 atom stereocenters. The number of hydrogen-bond acceptors (Lipinski definition) is 6. The van der Waals surface area contributed by atoms with Gasteiger partial charge in [0.15, 0.2) is 0 Å². The number of ether oxygens (including phenoxy) is 1. The Morgan fingerprint density at radius 1 is 1.24 bits per heavy atom. The van der Waals surface area contributed by atoms with Gasteiger partial charge in [-0.05, 0) is 31.2 Å². The van der Waals surface area contributed by atoms with E-state index in [2.05, 4.69) is 32.0 Å². The lowest BCUT2D eigenvalue weighted by Gasteiger charge is -2.34. The molecule has 1 fully saturated rings. The van der Waals surface area contributed by atoms with Crippen LogP contribution in [0.4, 0.5) is 17.5 Å². The number of halogens is 1. The molecule has 1 aliphatic rings. The first-order valence-corrected chi connectivity index (χ1v) is 8.90. The molecule has 1 N–H and O–H groups in total. The number of nitrogens with zero attached hydrogens (tertiary/aromatic N) is 4. The van der Waals surface area contributed by atoms with Crippen molar-refractivity contribution in [1.29, 1.82) is 0 Å². The average molecular weight is 362 g/mol. The van der Waals surface area contributed by atoms with Crippen LogP contribution < -0.4 is 15.0 Å². The predicted octanol–water partition coefficient (Wildman–Crippen LogP) is 3.33. The Bertz CT molecular complexity index is 731. The highest BCUT2D eigenvalue weighted by atomic mass is 35.5. The molecule has 1 aromatic carbocycles. The van der Waals surface area contributed by atoms with Crippen LogP contribution in [0.1, 0.15) is 12.5 Å². The Morgan fingerprint density at radius 3 is 2.68 bits per heavy atom. The number of hydrogen-bond donors (Lipinski definition) is 1. The van der Waals surface area contributed by atoms with Crippen LogP contribution in [0, 0.1) is 6.92 Å². The molecule has 2 heterocycles. The maximum Gasteiger partial charge on any atom is 0.229 e. The number of piperazine rings is 1. The molecule has 0 radical (unpaired) electrons. The third-order valence-corrected chi connectivity index (χ3v) is 4.92. The summed E-state index contributed by atoms with van der Waals surface area (Å²) in [6.07, 6.45) is 1.78. The maximum atomic E-state index is 6.17. The van der Waals surface area contributed by atoms with Gasteiger partial charge in [-0.2, -0.15) is 4.98 Å². The maximum absolute atomic E-state index is 6.17. The topological polar surface area (TPSA) is 53.5 Å². The van der Waals surface area contributed by atoms with Crippen molar-refractivity contribution >= 4 is 29.1 Å². The van der Waals surface area contributed by atoms with Crippen LogP contribution in [0.25, 0.3) is 0 Å². The molecule has 6 nitrogen and oxygen atoms in total. The van der Waals surface area contributed by atoms with Crippen LogP contribution in [0.15, 0.2) is 24.4 Å². The van der Waals surface area contributed by atoms with Crippen molar-refractivity contribution in [3.63, 3.8) is 0 Å². The molecule has 0 spiro atoms. The summed E-state index contributed by atoms with van der Waals surface area (Å²) in [6, 6.07) is 5.70. The number of benzene rings is 1. The molecule has 1 aromatic heterocycles. The fourth-order valence-corrected chi connectivity index (χ4v) is 3.08. The lowest BCUT2D eigenvalue weighted by Crippen LogP contribution is -2.46. The molecule has 25 heavy (non-hydrogen) atoms. The number of methoxy groups -OCH3 is 1. The zero-order valence-corrected chi connectivity index (χ0v) is 15.7. The Hall–Kier alpha value is -2.05. The first-order valence-electron chi connectivity index (χ1n) is 8.52. The summed E-state index contributed by atoms with van der Waals surface area (Å²) in [7, 11) is 1.62. The van der Waals surface area contributed by atoms with Crippen LogP contribution in [0.5, 0.6) is 5.75 Å². The SMILES string of the molecule is CCN1CCN(c2ccnc(Nc3cc(C)c(Cl)cc3OC)n2)CC1. The molecule has 0 bridgehead atoms. The van der Waals surface area contributed by atoms with Crippen molar-refractivity contribution in [1.82, 2.24) is 14.9 Å². The van der Waals surface area contributed by atoms with E-state index in [0.717, 1.165) is 49.8 Å². The van der Waals surface area contributed by atoms with E-state index in [1.807, 2.05) is 19.1 Å². The molecule has 2 aromatic rings. The van der Waals surface area contributed by atoms with E-state index in [1.165, 1.54) is 0 Å². The first-order chi connectivity index (χ1) is 12.1. The van der Waals surface area contributed by atoms with Gasteiger partial charge in [0.25, 0.3) is 0 Å². The van der Waals surface area contributed by atoms with E-state index >= 15 is 0 Å². The second-order valence-corrected chi connectivity index (χ2v) is 6.49. The lowest BCUT2D eigenvalue weighted by atomic mass is 10.2. The fourth-order valence-electron chi connectivity index (χ4n) is 2.93. The summed E-state index contributed by atoms with van der Waals surface area (Å²) in [4.78, 5) is 13.7. The smallest absolute Gasteiger partial charge is 0.229 e. The van der Waals surface area contributed by atoms with E-state index in [1.54, 1.807) is 19.4 Å². The Morgan fingerprint density at radius 2 is 2.00 bits per heavy atom. The fraction of sp³-hybridized carbons (Fsp3) is 0.444. The minimum atomic E-state index is 0.551. The monoisotopic (exact) mass is 361 g/mol. The van der Waals surface area contributed by atoms with Crippen molar-refractivity contribution in [3.8, 4) is 5.75 Å². The number of anilines is 3. The Labute approximate surface area is 153 Å². The molecular formula is C18H24ClN5O. The molecular weight excluding hydrogens is 338 g/mol. The summed E-state index contributed by atoms with van der Waals surface area (Å²) >= 11 is 6.17. The molecule has 0 unspecified atom stereocenters. The first kappa shape index (κ1) is 17.8. The highest BCUT2D eigenvalue weighted by Gasteiger charge is 2.17. The molecule has 0 amide bonds. The van der Waals surface area contributed by atoms with Gasteiger partial charge in [-0.25, -0.2) is 4.98 Å². The normalized spacial score (nSPS) is 15.3. The lowest BCUT2D eigenvalue weighted by molar-refractivity contribution is 0.270. The summed E-state index contributed by atoms with van der Waals surface area (Å²) in [6.45, 7) is 9.34. The van der Waals surface area contributed by atoms with Gasteiger partial charge >= 0.3 is 0 Å². The van der Waals surface area contributed by atoms with Gasteiger partial charge in [0.1, 0.15) is 11.6 Å². The van der Waals surface area contributed by atoms with Crippen LogP contribution in [-0.2, 0) is 0 Å². The Kier molecular flexibility index (Phi) is 5.60. The zero-order valence-electron chi connectivity index (χ0n) is 14.9. The van der Waals surface area contributed by atoms with E-state index in [9.17, 15) is 0 Å². The van der Waals surface area contributed by atoms with Crippen LogP contribution >= 0.6 is 11.6 Å². The summed E-state index contributed by atoms with van der Waals surface area (Å²) in [5.74, 6) is 2.16. The van der Waals surface area contributed by atoms with Gasteiger partial charge in [0, 0.05) is 43.5 Å². The van der Waals surface area contributed by atoms with E-state index in [-0.39, 0.29) is 0 Å². The van der Waals surface area contributed by atoms with Crippen LogP contribution in [-0.4, -0.2) is 54.7 Å². The zero-order chi connectivity index (χ0) is 17.8. The molecule has 1 aliphatic heterocycles. The minimum Gasteiger partial charge on any atom is -0.495 e. The van der Waals surface area contributed by atoms with Gasteiger partial charge in [0.2, 0.25) is 5.95 Å². The third kappa shape index (κ3) is 4.14. The summed E-state index contributed by atoms with van der Waals surface area (Å²) < 4.78 is 5.41. The predicted molar refractivity (Wildman–Crippen MR) is 102 cm³/mol. The average Bonchev–Trinajstić information content (AvgIpc) is 2.65. The second-order valence-electron chi connectivity index (χ2n) is 6.09. The van der Waals surface area contributed by atoms with Crippen molar-refractivity contribution < 1.29 is 4.74 Å². The van der Waals surface area contributed by atoms with Crippen LogP contribution in [0.2, 0.25) is 5.02 Å². The number of likely N-dealkylation sites (N-methyl/N-ethyl adjacent to an activating group) is 1. The number of rotatable bonds is 5. The number of aryl methyl sites for hydroxylation is 1. The largest absolute Gasteiger partial charge is 0.495 e. The highest BCUT2D eigenvalue weighted by molar-refractivity contribution is 6.31. The van der Waals surface area contributed by atoms with Gasteiger partial charge in [-0.1, -0.05) is 18.5 Å². The highest BCUT2D eigenvalue weighted by Crippen LogP contribution is 2.32. The molecule has 7 heteroatoms. The van der Waals surface area contributed by atoms with Gasteiger partial charge in [-0.15, -0.1) is 0 Å². The molecule has 3 rings (SSSR count). The van der Waals surface area contributed by atoms with Crippen molar-refractivity contribution in [2.75, 3.05) is 50.1 Å². The molecule has 1 saturated heterocycles. The number of nitrogens with one attached hydrogen (secondary N) is 1. The molecule has 134 valence electrons. The van der Waals surface area contributed by atoms with Crippen molar-refractivity contribution in [2.24, 2.45) is 0 Å². The quantitative estimate of drug-likeness (QED) is 0.881. The second kappa shape index (κ2) is 7.89. The molecule has 0 saturated carbocycles. The standard InChI is InChI=1S/C18H24ClN5O/c1-4-23-7-9-24(10-8-23)17-5-6-20-18(22-17)21-15-11-13(2)14(19)12-16(15)25-3/h5-6,11-12H,4,7-10H2,1-3H3,(H,20,21,22). The van der Waals surface area contributed by atoms with E-state index < -0.39 is 0 Å². The Balaban J connectivity index is 1.78. The van der Waals surface area contributed by atoms with Crippen LogP contribution in [0.3, 0.4) is 0 Å². The molecule has 0 aliphatic carbocycles. The van der Waals surface area contributed by atoms with Gasteiger partial charge in [-0.3, -0.25) is 0 Å². The summed E-state index contributed by atoms with van der Waals surface area (Å²) in [5, 5.41) is 3.92. The van der Waals surface area contributed by atoms with Crippen molar-refractivity contribution in [2.45, 2.75) is 13.8 Å². The van der Waals surface area contributed by atoms with E-state index in [4.69, 9.17) is 16.3 Å². The van der Waals surface area contributed by atoms with Crippen molar-refractivity contribution in [3.05, 3.63) is 35.0 Å². The third-order valence-electron chi connectivity index (χ3n) is 4.51. The minimum absolute atomic E-state index is 0.551. The van der Waals surface area contributed by atoms with Gasteiger partial charge < -0.3 is 19.9 Å². The van der Waals surface area contributed by atoms with Gasteiger partial charge in [0.05, 0.1) is 12.8 Å². The number of aromatic nitrogens is 2. The van der Waals surface area contributed by atoms with E-state index in [0.29, 0.717) is 16.7 Å².